The second-order valence-corrected chi connectivity index (χ2v) is 12.2. The zero-order valence-electron chi connectivity index (χ0n) is 18.8. The SMILES string of the molecule is CC1(NC(=O)C2CCc3c(-c4ccccc4Cl)nn(-c4ccc(F)cc4)c3C2)CCS(O)(O)C1. The van der Waals surface area contributed by atoms with Crippen LogP contribution in [0.3, 0.4) is 0 Å². The fourth-order valence-electron chi connectivity index (χ4n) is 5.04. The number of hydrogen-bond acceptors (Lipinski definition) is 4. The van der Waals surface area contributed by atoms with E-state index in [0.717, 1.165) is 22.5 Å². The van der Waals surface area contributed by atoms with Gasteiger partial charge in [-0.1, -0.05) is 29.8 Å². The molecule has 0 spiro atoms. The number of aromatic nitrogens is 2. The van der Waals surface area contributed by atoms with Crippen molar-refractivity contribution in [2.45, 2.75) is 38.1 Å². The van der Waals surface area contributed by atoms with Gasteiger partial charge in [-0.2, -0.15) is 15.7 Å². The van der Waals surface area contributed by atoms with Crippen molar-refractivity contribution in [3.8, 4) is 16.9 Å². The fraction of sp³-hybridized carbons (Fsp3) is 0.360. The monoisotopic (exact) mass is 503 g/mol. The van der Waals surface area contributed by atoms with Crippen molar-refractivity contribution < 1.29 is 18.3 Å². The maximum atomic E-state index is 13.6. The summed E-state index contributed by atoms with van der Waals surface area (Å²) in [7, 11) is -2.63. The number of nitrogens with zero attached hydrogens (tertiary/aromatic N) is 2. The highest BCUT2D eigenvalue weighted by molar-refractivity contribution is 8.24. The topological polar surface area (TPSA) is 87.4 Å². The van der Waals surface area contributed by atoms with Crippen molar-refractivity contribution >= 4 is 28.1 Å². The lowest BCUT2D eigenvalue weighted by molar-refractivity contribution is -0.126. The molecule has 1 fully saturated rings. The van der Waals surface area contributed by atoms with Crippen molar-refractivity contribution in [1.82, 2.24) is 15.1 Å². The summed E-state index contributed by atoms with van der Waals surface area (Å²) in [5, 5.41) is 8.55. The highest BCUT2D eigenvalue weighted by Crippen LogP contribution is 2.50. The summed E-state index contributed by atoms with van der Waals surface area (Å²) in [5.41, 5.74) is 3.66. The van der Waals surface area contributed by atoms with Gasteiger partial charge in [-0.25, -0.2) is 9.07 Å². The van der Waals surface area contributed by atoms with Crippen LogP contribution >= 0.6 is 22.2 Å². The maximum absolute atomic E-state index is 13.6. The van der Waals surface area contributed by atoms with Gasteiger partial charge in [0, 0.05) is 34.9 Å². The third kappa shape index (κ3) is 4.47. The van der Waals surface area contributed by atoms with Gasteiger partial charge >= 0.3 is 0 Å². The number of halogens is 2. The zero-order chi connectivity index (χ0) is 24.1. The van der Waals surface area contributed by atoms with Crippen LogP contribution in [0.15, 0.2) is 48.5 Å². The minimum atomic E-state index is -2.63. The van der Waals surface area contributed by atoms with Gasteiger partial charge < -0.3 is 5.32 Å². The van der Waals surface area contributed by atoms with Crippen LogP contribution in [0.1, 0.15) is 31.0 Å². The van der Waals surface area contributed by atoms with E-state index in [1.807, 2.05) is 31.2 Å². The largest absolute Gasteiger partial charge is 0.349 e. The Labute approximate surface area is 204 Å². The number of amides is 1. The van der Waals surface area contributed by atoms with Crippen LogP contribution in [0.4, 0.5) is 4.39 Å². The number of fused-ring (bicyclic) bond motifs is 1. The summed E-state index contributed by atoms with van der Waals surface area (Å²) < 4.78 is 35.5. The average molecular weight is 504 g/mol. The molecule has 9 heteroatoms. The predicted octanol–water partition coefficient (Wildman–Crippen LogP) is 5.47. The standard InChI is InChI=1S/C25H27ClFN3O3S/c1-25(12-13-34(32,33)15-25)28-24(31)16-6-11-20-22(14-16)30(18-9-7-17(27)8-10-18)29-23(20)19-4-2-3-5-21(19)26/h2-5,7-10,16,32-33H,6,11-15H2,1H3,(H,28,31). The lowest BCUT2D eigenvalue weighted by Crippen LogP contribution is -2.49. The van der Waals surface area contributed by atoms with E-state index in [2.05, 4.69) is 5.32 Å². The number of carbonyl (C=O) groups excluding carboxylic acids is 1. The van der Waals surface area contributed by atoms with Crippen LogP contribution in [0.2, 0.25) is 5.02 Å². The molecule has 1 amide bonds. The summed E-state index contributed by atoms with van der Waals surface area (Å²) >= 11 is 6.49. The number of nitrogens with one attached hydrogen (secondary N) is 1. The molecule has 2 heterocycles. The molecule has 6 nitrogen and oxygen atoms in total. The van der Waals surface area contributed by atoms with Gasteiger partial charge in [0.2, 0.25) is 5.91 Å². The van der Waals surface area contributed by atoms with E-state index in [1.54, 1.807) is 16.8 Å². The van der Waals surface area contributed by atoms with Crippen LogP contribution < -0.4 is 5.32 Å². The van der Waals surface area contributed by atoms with Crippen molar-refractivity contribution in [3.63, 3.8) is 0 Å². The van der Waals surface area contributed by atoms with Gasteiger partial charge in [-0.3, -0.25) is 13.9 Å². The molecule has 180 valence electrons. The Morgan fingerprint density at radius 3 is 2.65 bits per heavy atom. The summed E-state index contributed by atoms with van der Waals surface area (Å²) in [6.07, 6.45) is 2.32. The molecule has 1 aliphatic heterocycles. The van der Waals surface area contributed by atoms with Gasteiger partial charge in [-0.05, 0) is 56.5 Å². The highest BCUT2D eigenvalue weighted by atomic mass is 35.5. The highest BCUT2D eigenvalue weighted by Gasteiger charge is 2.41. The second kappa shape index (κ2) is 8.68. The number of benzene rings is 2. The Morgan fingerprint density at radius 1 is 1.24 bits per heavy atom. The lowest BCUT2D eigenvalue weighted by atomic mass is 9.84. The molecule has 0 saturated carbocycles. The normalized spacial score (nSPS) is 24.4. The molecule has 34 heavy (non-hydrogen) atoms. The molecule has 3 N–H and O–H groups in total. The zero-order valence-corrected chi connectivity index (χ0v) is 20.4. The van der Waals surface area contributed by atoms with Gasteiger partial charge in [0.1, 0.15) is 5.82 Å². The summed E-state index contributed by atoms with van der Waals surface area (Å²) in [5.74, 6) is -0.187. The summed E-state index contributed by atoms with van der Waals surface area (Å²) in [6, 6.07) is 13.7. The molecule has 2 unspecified atom stereocenters. The van der Waals surface area contributed by atoms with Crippen molar-refractivity contribution in [1.29, 1.82) is 0 Å². The molecule has 1 saturated heterocycles. The molecule has 1 aromatic heterocycles. The molecule has 2 aliphatic rings. The van der Waals surface area contributed by atoms with E-state index in [-0.39, 0.29) is 23.4 Å². The van der Waals surface area contributed by atoms with E-state index < -0.39 is 16.1 Å². The Kier molecular flexibility index (Phi) is 5.96. The quantitative estimate of drug-likeness (QED) is 0.441. The molecular formula is C25H27ClFN3O3S. The molecule has 0 bridgehead atoms. The third-order valence-corrected chi connectivity index (χ3v) is 9.09. The fourth-order valence-corrected chi connectivity index (χ4v) is 7.43. The average Bonchev–Trinajstić information content (AvgIpc) is 3.30. The molecule has 1 aliphatic carbocycles. The first kappa shape index (κ1) is 23.4. The van der Waals surface area contributed by atoms with Crippen LogP contribution in [-0.2, 0) is 17.6 Å². The number of rotatable bonds is 4. The molecule has 5 rings (SSSR count). The Hall–Kier alpha value is -2.39. The Morgan fingerprint density at radius 2 is 1.97 bits per heavy atom. The van der Waals surface area contributed by atoms with Gasteiger partial charge in [0.05, 0.1) is 27.7 Å². The van der Waals surface area contributed by atoms with E-state index in [0.29, 0.717) is 42.1 Å². The van der Waals surface area contributed by atoms with Crippen molar-refractivity contribution in [2.75, 3.05) is 11.5 Å². The van der Waals surface area contributed by atoms with Crippen molar-refractivity contribution in [2.24, 2.45) is 5.92 Å². The van der Waals surface area contributed by atoms with Gasteiger partial charge in [0.25, 0.3) is 0 Å². The van der Waals surface area contributed by atoms with Crippen LogP contribution in [0.25, 0.3) is 16.9 Å². The smallest absolute Gasteiger partial charge is 0.223 e. The minimum absolute atomic E-state index is 0.0867. The molecular weight excluding hydrogens is 477 g/mol. The van der Waals surface area contributed by atoms with Crippen LogP contribution in [0, 0.1) is 11.7 Å². The summed E-state index contributed by atoms with van der Waals surface area (Å²) in [4.78, 5) is 13.2. The van der Waals surface area contributed by atoms with E-state index in [4.69, 9.17) is 16.7 Å². The van der Waals surface area contributed by atoms with Crippen LogP contribution in [0.5, 0.6) is 0 Å². The first-order valence-corrected chi connectivity index (χ1v) is 13.6. The second-order valence-electron chi connectivity index (χ2n) is 9.53. The molecule has 0 radical (unpaired) electrons. The first-order chi connectivity index (χ1) is 16.1. The van der Waals surface area contributed by atoms with Gasteiger partial charge in [-0.15, -0.1) is 0 Å². The minimum Gasteiger partial charge on any atom is -0.349 e. The summed E-state index contributed by atoms with van der Waals surface area (Å²) in [6.45, 7) is 1.87. The van der Waals surface area contributed by atoms with Crippen molar-refractivity contribution in [3.05, 3.63) is 70.6 Å². The molecule has 2 atom stereocenters. The van der Waals surface area contributed by atoms with E-state index >= 15 is 0 Å². The first-order valence-electron chi connectivity index (χ1n) is 11.3. The number of carbonyl (C=O) groups is 1. The van der Waals surface area contributed by atoms with E-state index in [9.17, 15) is 18.3 Å². The Balaban J connectivity index is 1.49. The maximum Gasteiger partial charge on any atom is 0.223 e. The Bertz CT molecular complexity index is 1250. The van der Waals surface area contributed by atoms with Crippen LogP contribution in [-0.4, -0.2) is 41.8 Å². The van der Waals surface area contributed by atoms with Gasteiger partial charge in [0.15, 0.2) is 0 Å². The molecule has 3 aromatic rings. The third-order valence-electron chi connectivity index (χ3n) is 6.80. The lowest BCUT2D eigenvalue weighted by Gasteiger charge is -2.32. The number of hydrogen-bond donors (Lipinski definition) is 3. The predicted molar refractivity (Wildman–Crippen MR) is 133 cm³/mol. The molecule has 2 aromatic carbocycles. The van der Waals surface area contributed by atoms with E-state index in [1.165, 1.54) is 12.1 Å².